The summed E-state index contributed by atoms with van der Waals surface area (Å²) in [5.74, 6) is -0.976. The van der Waals surface area contributed by atoms with E-state index < -0.39 is 5.97 Å². The molecule has 3 aromatic carbocycles. The third kappa shape index (κ3) is 4.41. The quantitative estimate of drug-likeness (QED) is 0.297. The van der Waals surface area contributed by atoms with Crippen molar-refractivity contribution in [3.8, 4) is 0 Å². The molecule has 0 aliphatic heterocycles. The Morgan fingerprint density at radius 2 is 1.55 bits per heavy atom. The van der Waals surface area contributed by atoms with Crippen LogP contribution in [0.1, 0.15) is 35.6 Å². The summed E-state index contributed by atoms with van der Waals surface area (Å²) in [5, 5.41) is 8.86. The fourth-order valence-electron chi connectivity index (χ4n) is 3.80. The maximum atomic E-state index is 11.7. The number of aromatic nitrogens is 2. The Morgan fingerprint density at radius 3 is 2.23 bits per heavy atom. The highest BCUT2D eigenvalue weighted by molar-refractivity contribution is 6.00. The van der Waals surface area contributed by atoms with Crippen LogP contribution in [0, 0.1) is 0 Å². The number of aliphatic carboxylic acids is 1. The summed E-state index contributed by atoms with van der Waals surface area (Å²) in [6.45, 7) is 2.13. The Morgan fingerprint density at radius 1 is 0.871 bits per heavy atom. The lowest BCUT2D eigenvalue weighted by Gasteiger charge is -2.16. The van der Waals surface area contributed by atoms with Gasteiger partial charge in [0.05, 0.1) is 11.0 Å². The third-order valence-corrected chi connectivity index (χ3v) is 5.20. The SMILES string of the molecule is CCC(=C(c1ccc(C=CC(=O)O)cc1)c1ccc2[nH]c(=O)[nH]c2c1)c1ccccc1. The zero-order chi connectivity index (χ0) is 21.8. The van der Waals surface area contributed by atoms with Crippen molar-refractivity contribution in [3.05, 3.63) is 112 Å². The van der Waals surface area contributed by atoms with E-state index in [1.54, 1.807) is 6.08 Å². The molecule has 0 fully saturated rings. The molecule has 0 aliphatic carbocycles. The number of hydrogen-bond donors (Lipinski definition) is 3. The van der Waals surface area contributed by atoms with Crippen LogP contribution < -0.4 is 5.69 Å². The fraction of sp³-hybridized carbons (Fsp3) is 0.0769. The Kier molecular flexibility index (Phi) is 5.67. The molecule has 0 amide bonds. The summed E-state index contributed by atoms with van der Waals surface area (Å²) in [4.78, 5) is 28.2. The second-order valence-corrected chi connectivity index (χ2v) is 7.21. The molecule has 31 heavy (non-hydrogen) atoms. The summed E-state index contributed by atoms with van der Waals surface area (Å²) >= 11 is 0. The molecule has 5 nitrogen and oxygen atoms in total. The Balaban J connectivity index is 1.91. The summed E-state index contributed by atoms with van der Waals surface area (Å²) in [6, 6.07) is 24.0. The van der Waals surface area contributed by atoms with Crippen molar-refractivity contribution in [1.29, 1.82) is 0 Å². The van der Waals surface area contributed by atoms with Crippen LogP contribution in [0.5, 0.6) is 0 Å². The van der Waals surface area contributed by atoms with Crippen molar-refractivity contribution < 1.29 is 9.90 Å². The van der Waals surface area contributed by atoms with E-state index >= 15 is 0 Å². The smallest absolute Gasteiger partial charge is 0.328 e. The van der Waals surface area contributed by atoms with Crippen LogP contribution in [-0.2, 0) is 4.79 Å². The predicted molar refractivity (Wildman–Crippen MR) is 125 cm³/mol. The molecule has 5 heteroatoms. The van der Waals surface area contributed by atoms with E-state index in [0.717, 1.165) is 51.4 Å². The van der Waals surface area contributed by atoms with Crippen LogP contribution in [0.3, 0.4) is 0 Å². The minimum atomic E-state index is -0.976. The van der Waals surface area contributed by atoms with Gasteiger partial charge in [0.25, 0.3) is 0 Å². The molecule has 0 unspecified atom stereocenters. The highest BCUT2D eigenvalue weighted by atomic mass is 16.4. The lowest BCUT2D eigenvalue weighted by Crippen LogP contribution is -1.99. The minimum Gasteiger partial charge on any atom is -0.478 e. The van der Waals surface area contributed by atoms with Gasteiger partial charge in [-0.05, 0) is 58.0 Å². The van der Waals surface area contributed by atoms with Crippen LogP contribution in [0.15, 0.2) is 83.7 Å². The Hall–Kier alpha value is -4.12. The first kappa shape index (κ1) is 20.2. The molecule has 4 aromatic rings. The lowest BCUT2D eigenvalue weighted by atomic mass is 9.88. The average Bonchev–Trinajstić information content (AvgIpc) is 3.16. The number of nitrogens with one attached hydrogen (secondary N) is 2. The van der Waals surface area contributed by atoms with E-state index in [1.807, 2.05) is 60.7 Å². The molecule has 4 rings (SSSR count). The maximum Gasteiger partial charge on any atom is 0.328 e. The number of hydrogen-bond acceptors (Lipinski definition) is 2. The van der Waals surface area contributed by atoms with Crippen LogP contribution in [0.2, 0.25) is 0 Å². The van der Waals surface area contributed by atoms with Gasteiger partial charge in [0.15, 0.2) is 0 Å². The number of carboxylic acid groups (broad SMARTS) is 1. The van der Waals surface area contributed by atoms with Crippen molar-refractivity contribution in [1.82, 2.24) is 9.97 Å². The van der Waals surface area contributed by atoms with Crippen LogP contribution in [-0.4, -0.2) is 21.0 Å². The molecule has 0 atom stereocenters. The van der Waals surface area contributed by atoms with Gasteiger partial charge >= 0.3 is 11.7 Å². The second kappa shape index (κ2) is 8.71. The van der Waals surface area contributed by atoms with Gasteiger partial charge in [0, 0.05) is 6.08 Å². The molecular weight excluding hydrogens is 388 g/mol. The van der Waals surface area contributed by atoms with E-state index in [4.69, 9.17) is 5.11 Å². The number of benzene rings is 3. The number of carboxylic acids is 1. The zero-order valence-electron chi connectivity index (χ0n) is 17.1. The van der Waals surface area contributed by atoms with Gasteiger partial charge < -0.3 is 15.1 Å². The van der Waals surface area contributed by atoms with Crippen LogP contribution >= 0.6 is 0 Å². The molecule has 0 spiro atoms. The number of imidazole rings is 1. The summed E-state index contributed by atoms with van der Waals surface area (Å²) in [7, 11) is 0. The average molecular weight is 410 g/mol. The number of rotatable bonds is 6. The number of allylic oxidation sites excluding steroid dienone is 1. The highest BCUT2D eigenvalue weighted by Gasteiger charge is 2.14. The number of H-pyrrole nitrogens is 2. The number of aromatic amines is 2. The molecule has 1 aromatic heterocycles. The Labute approximate surface area is 179 Å². The van der Waals surface area contributed by atoms with Crippen molar-refractivity contribution in [2.45, 2.75) is 13.3 Å². The zero-order valence-corrected chi connectivity index (χ0v) is 17.1. The van der Waals surface area contributed by atoms with Crippen molar-refractivity contribution in [2.24, 2.45) is 0 Å². The standard InChI is InChI=1S/C26H22N2O3/c1-2-21(18-6-4-3-5-7-18)25(19-11-8-17(9-12-19)10-15-24(29)30)20-13-14-22-23(16-20)28-26(31)27-22/h3-16H,2H2,1H3,(H,29,30)(H2,27,28,31). The van der Waals surface area contributed by atoms with Crippen LogP contribution in [0.25, 0.3) is 28.3 Å². The van der Waals surface area contributed by atoms with Crippen molar-refractivity contribution in [2.75, 3.05) is 0 Å². The van der Waals surface area contributed by atoms with Gasteiger partial charge in [0.1, 0.15) is 0 Å². The fourth-order valence-corrected chi connectivity index (χ4v) is 3.80. The first-order chi connectivity index (χ1) is 15.0. The molecule has 1 heterocycles. The summed E-state index contributed by atoms with van der Waals surface area (Å²) in [6.07, 6.45) is 3.52. The van der Waals surface area contributed by atoms with E-state index in [9.17, 15) is 9.59 Å². The monoisotopic (exact) mass is 410 g/mol. The van der Waals surface area contributed by atoms with Gasteiger partial charge in [-0.2, -0.15) is 0 Å². The van der Waals surface area contributed by atoms with Crippen molar-refractivity contribution >= 4 is 34.2 Å². The molecule has 154 valence electrons. The topological polar surface area (TPSA) is 85.9 Å². The summed E-state index contributed by atoms with van der Waals surface area (Å²) in [5.41, 5.74) is 7.52. The molecule has 0 aliphatic rings. The number of fused-ring (bicyclic) bond motifs is 1. The van der Waals surface area contributed by atoms with Gasteiger partial charge in [-0.3, -0.25) is 0 Å². The van der Waals surface area contributed by atoms with Crippen molar-refractivity contribution in [3.63, 3.8) is 0 Å². The second-order valence-electron chi connectivity index (χ2n) is 7.21. The van der Waals surface area contributed by atoms with Gasteiger partial charge in [-0.1, -0.05) is 67.6 Å². The van der Waals surface area contributed by atoms with Gasteiger partial charge in [-0.15, -0.1) is 0 Å². The normalized spacial score (nSPS) is 12.3. The van der Waals surface area contributed by atoms with Gasteiger partial charge in [-0.25, -0.2) is 9.59 Å². The van der Waals surface area contributed by atoms with Gasteiger partial charge in [0.2, 0.25) is 0 Å². The molecule has 3 N–H and O–H groups in total. The molecular formula is C26H22N2O3. The molecule has 0 saturated heterocycles. The van der Waals surface area contributed by atoms with Crippen LogP contribution in [0.4, 0.5) is 0 Å². The molecule has 0 saturated carbocycles. The molecule has 0 bridgehead atoms. The van der Waals surface area contributed by atoms with E-state index in [1.165, 1.54) is 5.57 Å². The summed E-state index contributed by atoms with van der Waals surface area (Å²) < 4.78 is 0. The highest BCUT2D eigenvalue weighted by Crippen LogP contribution is 2.35. The Bertz CT molecular complexity index is 1340. The maximum absolute atomic E-state index is 11.7. The first-order valence-corrected chi connectivity index (χ1v) is 10.1. The third-order valence-electron chi connectivity index (χ3n) is 5.20. The number of carbonyl (C=O) groups is 1. The van der Waals surface area contributed by atoms with E-state index in [2.05, 4.69) is 29.0 Å². The largest absolute Gasteiger partial charge is 0.478 e. The van der Waals surface area contributed by atoms with E-state index in [0.29, 0.717) is 0 Å². The molecule has 0 radical (unpaired) electrons. The lowest BCUT2D eigenvalue weighted by molar-refractivity contribution is -0.131. The van der Waals surface area contributed by atoms with E-state index in [-0.39, 0.29) is 5.69 Å². The first-order valence-electron chi connectivity index (χ1n) is 10.1. The minimum absolute atomic E-state index is 0.231. The predicted octanol–water partition coefficient (Wildman–Crippen LogP) is 5.32.